The van der Waals surface area contributed by atoms with Gasteiger partial charge in [0, 0.05) is 20.5 Å². The molecule has 0 unspecified atom stereocenters. The van der Waals surface area contributed by atoms with Crippen LogP contribution in [0.3, 0.4) is 0 Å². The van der Waals surface area contributed by atoms with Gasteiger partial charge in [-0.1, -0.05) is 15.9 Å². The molecule has 2 aromatic heterocycles. The molecule has 0 saturated heterocycles. The van der Waals surface area contributed by atoms with Gasteiger partial charge in [0.15, 0.2) is 11.5 Å². The monoisotopic (exact) mass is 462 g/mol. The smallest absolute Gasteiger partial charge is 0.417 e. The SMILES string of the molecule is Oc1[nH]c2c(Br)cc(Br)cc2c1N=Nc1ccc(C(F)(F)F)cn1. The molecule has 2 heterocycles. The highest BCUT2D eigenvalue weighted by Gasteiger charge is 2.30. The fraction of sp³-hybridized carbons (Fsp3) is 0.0714. The van der Waals surface area contributed by atoms with E-state index in [0.717, 1.165) is 16.6 Å². The number of hydrogen-bond donors (Lipinski definition) is 2. The average molecular weight is 464 g/mol. The van der Waals surface area contributed by atoms with Crippen molar-refractivity contribution in [2.45, 2.75) is 6.18 Å². The van der Waals surface area contributed by atoms with Crippen molar-refractivity contribution in [3.05, 3.63) is 45.0 Å². The van der Waals surface area contributed by atoms with Gasteiger partial charge >= 0.3 is 6.18 Å². The number of pyridine rings is 1. The van der Waals surface area contributed by atoms with Gasteiger partial charge in [0.1, 0.15) is 0 Å². The molecule has 3 aromatic rings. The molecule has 124 valence electrons. The van der Waals surface area contributed by atoms with Crippen LogP contribution in [0.25, 0.3) is 10.9 Å². The molecular weight excluding hydrogens is 457 g/mol. The Morgan fingerprint density at radius 2 is 1.88 bits per heavy atom. The van der Waals surface area contributed by atoms with Crippen molar-refractivity contribution in [2.75, 3.05) is 0 Å². The largest absolute Gasteiger partial charge is 0.493 e. The summed E-state index contributed by atoms with van der Waals surface area (Å²) in [5.41, 5.74) is -0.0945. The predicted octanol–water partition coefficient (Wildman–Crippen LogP) is 6.23. The molecule has 0 atom stereocenters. The Labute approximate surface area is 149 Å². The Bertz CT molecular complexity index is 936. The fourth-order valence-electron chi connectivity index (χ4n) is 2.01. The lowest BCUT2D eigenvalue weighted by molar-refractivity contribution is -0.137. The van der Waals surface area contributed by atoms with Gasteiger partial charge in [-0.15, -0.1) is 10.2 Å². The van der Waals surface area contributed by atoms with Crippen molar-refractivity contribution >= 4 is 54.3 Å². The minimum absolute atomic E-state index is 0.00851. The molecule has 0 spiro atoms. The van der Waals surface area contributed by atoms with E-state index in [4.69, 9.17) is 0 Å². The predicted molar refractivity (Wildman–Crippen MR) is 88.8 cm³/mol. The van der Waals surface area contributed by atoms with E-state index in [0.29, 0.717) is 21.6 Å². The number of aromatic hydroxyl groups is 1. The molecule has 0 fully saturated rings. The Kier molecular flexibility index (Phi) is 4.35. The van der Waals surface area contributed by atoms with Crippen LogP contribution in [0.5, 0.6) is 5.88 Å². The maximum atomic E-state index is 12.5. The lowest BCUT2D eigenvalue weighted by Gasteiger charge is -2.04. The summed E-state index contributed by atoms with van der Waals surface area (Å²) >= 11 is 6.69. The fourth-order valence-corrected chi connectivity index (χ4v) is 3.33. The van der Waals surface area contributed by atoms with Crippen molar-refractivity contribution in [1.82, 2.24) is 9.97 Å². The van der Waals surface area contributed by atoms with Gasteiger partial charge in [0.05, 0.1) is 11.1 Å². The van der Waals surface area contributed by atoms with Crippen LogP contribution in [-0.4, -0.2) is 15.1 Å². The normalized spacial score (nSPS) is 12.4. The van der Waals surface area contributed by atoms with E-state index in [-0.39, 0.29) is 17.4 Å². The topological polar surface area (TPSA) is 73.6 Å². The Balaban J connectivity index is 1.98. The molecule has 5 nitrogen and oxygen atoms in total. The summed E-state index contributed by atoms with van der Waals surface area (Å²) in [5.74, 6) is -0.217. The molecule has 10 heteroatoms. The summed E-state index contributed by atoms with van der Waals surface area (Å²) in [7, 11) is 0. The number of H-pyrrole nitrogens is 1. The number of halogens is 5. The molecule has 0 amide bonds. The van der Waals surface area contributed by atoms with Crippen molar-refractivity contribution in [3.8, 4) is 5.88 Å². The van der Waals surface area contributed by atoms with Gasteiger partial charge in [-0.05, 0) is 40.2 Å². The third-order valence-electron chi connectivity index (χ3n) is 3.11. The molecule has 3 rings (SSSR count). The summed E-state index contributed by atoms with van der Waals surface area (Å²) in [5, 5.41) is 18.2. The van der Waals surface area contributed by atoms with Crippen LogP contribution in [-0.2, 0) is 6.18 Å². The Morgan fingerprint density at radius 1 is 1.12 bits per heavy atom. The van der Waals surface area contributed by atoms with Crippen LogP contribution in [0.4, 0.5) is 24.7 Å². The summed E-state index contributed by atoms with van der Waals surface area (Å²) in [6.07, 6.45) is -3.78. The molecule has 0 aliphatic carbocycles. The highest BCUT2D eigenvalue weighted by Crippen LogP contribution is 2.40. The van der Waals surface area contributed by atoms with Crippen LogP contribution in [0.15, 0.2) is 49.6 Å². The maximum Gasteiger partial charge on any atom is 0.417 e. The van der Waals surface area contributed by atoms with Crippen LogP contribution in [0.1, 0.15) is 5.56 Å². The summed E-state index contributed by atoms with van der Waals surface area (Å²) in [6, 6.07) is 5.48. The maximum absolute atomic E-state index is 12.5. The minimum atomic E-state index is -4.46. The summed E-state index contributed by atoms with van der Waals surface area (Å²) < 4.78 is 38.9. The van der Waals surface area contributed by atoms with Crippen molar-refractivity contribution < 1.29 is 18.3 Å². The second-order valence-corrected chi connectivity index (χ2v) is 6.51. The zero-order valence-electron chi connectivity index (χ0n) is 11.6. The van der Waals surface area contributed by atoms with Gasteiger partial charge in [0.2, 0.25) is 5.88 Å². The zero-order chi connectivity index (χ0) is 17.5. The van der Waals surface area contributed by atoms with E-state index in [1.807, 2.05) is 0 Å². The third kappa shape index (κ3) is 3.29. The number of benzene rings is 1. The van der Waals surface area contributed by atoms with Gasteiger partial charge in [-0.2, -0.15) is 13.2 Å². The van der Waals surface area contributed by atoms with Crippen LogP contribution in [0, 0.1) is 0 Å². The molecule has 0 saturated carbocycles. The van der Waals surface area contributed by atoms with E-state index in [1.54, 1.807) is 12.1 Å². The van der Waals surface area contributed by atoms with E-state index < -0.39 is 11.7 Å². The first kappa shape index (κ1) is 16.9. The van der Waals surface area contributed by atoms with E-state index in [2.05, 4.69) is 52.1 Å². The molecule has 2 N–H and O–H groups in total. The lowest BCUT2D eigenvalue weighted by atomic mass is 10.2. The van der Waals surface area contributed by atoms with E-state index in [1.165, 1.54) is 0 Å². The van der Waals surface area contributed by atoms with E-state index in [9.17, 15) is 18.3 Å². The highest BCUT2D eigenvalue weighted by molar-refractivity contribution is 9.11. The lowest BCUT2D eigenvalue weighted by Crippen LogP contribution is -2.04. The second kappa shape index (κ2) is 6.17. The molecule has 0 bridgehead atoms. The molecule has 0 radical (unpaired) electrons. The van der Waals surface area contributed by atoms with Crippen molar-refractivity contribution in [2.24, 2.45) is 10.2 Å². The highest BCUT2D eigenvalue weighted by atomic mass is 79.9. The second-order valence-electron chi connectivity index (χ2n) is 4.74. The van der Waals surface area contributed by atoms with Crippen LogP contribution in [0.2, 0.25) is 0 Å². The number of aromatic nitrogens is 2. The minimum Gasteiger partial charge on any atom is -0.493 e. The third-order valence-corrected chi connectivity index (χ3v) is 4.19. The summed E-state index contributed by atoms with van der Waals surface area (Å²) in [4.78, 5) is 6.35. The first-order valence-electron chi connectivity index (χ1n) is 6.40. The van der Waals surface area contributed by atoms with Gasteiger partial charge < -0.3 is 10.1 Å². The van der Waals surface area contributed by atoms with E-state index >= 15 is 0 Å². The Morgan fingerprint density at radius 3 is 2.50 bits per heavy atom. The van der Waals surface area contributed by atoms with Crippen LogP contribution < -0.4 is 0 Å². The zero-order valence-corrected chi connectivity index (χ0v) is 14.7. The molecule has 1 aromatic carbocycles. The average Bonchev–Trinajstić information content (AvgIpc) is 2.81. The first-order valence-corrected chi connectivity index (χ1v) is 7.99. The van der Waals surface area contributed by atoms with Crippen LogP contribution >= 0.6 is 31.9 Å². The molecular formula is C14H7Br2F3N4O. The Hall–Kier alpha value is -1.94. The number of rotatable bonds is 2. The number of aromatic amines is 1. The van der Waals surface area contributed by atoms with Gasteiger partial charge in [-0.25, -0.2) is 4.98 Å². The van der Waals surface area contributed by atoms with Gasteiger partial charge in [-0.3, -0.25) is 0 Å². The number of nitrogens with one attached hydrogen (secondary N) is 1. The first-order chi connectivity index (χ1) is 11.3. The molecule has 0 aliphatic heterocycles. The number of hydrogen-bond acceptors (Lipinski definition) is 4. The number of nitrogens with zero attached hydrogens (tertiary/aromatic N) is 3. The number of alkyl halides is 3. The van der Waals surface area contributed by atoms with Crippen molar-refractivity contribution in [3.63, 3.8) is 0 Å². The standard InChI is InChI=1S/C14H7Br2F3N4O/c15-7-3-8-11(9(16)4-7)21-13(24)12(8)23-22-10-2-1-6(5-20-10)14(17,18)19/h1-5,21,24H. The summed E-state index contributed by atoms with van der Waals surface area (Å²) in [6.45, 7) is 0. The molecule has 24 heavy (non-hydrogen) atoms. The number of fused-ring (bicyclic) bond motifs is 1. The number of azo groups is 1. The van der Waals surface area contributed by atoms with Crippen molar-refractivity contribution in [1.29, 1.82) is 0 Å². The molecule has 0 aliphatic rings. The van der Waals surface area contributed by atoms with Gasteiger partial charge in [0.25, 0.3) is 0 Å². The quantitative estimate of drug-likeness (QED) is 0.442.